The van der Waals surface area contributed by atoms with E-state index in [0.717, 1.165) is 5.76 Å². The summed E-state index contributed by atoms with van der Waals surface area (Å²) in [5.41, 5.74) is 1.67. The van der Waals surface area contributed by atoms with Crippen LogP contribution in [0.1, 0.15) is 25.2 Å². The second-order valence-electron chi connectivity index (χ2n) is 5.69. The standard InChI is InChI=1S/C19H18N2O4S/c1-3-21-18(23)16(13-6-8-14(9-7-13)20-12(2)22)17(19(21)24)26-11-15-5-4-10-25-15/h4-10H,3,11H2,1-2H3,(H,20,22). The number of carbonyl (C=O) groups excluding carboxylic acids is 3. The van der Waals surface area contributed by atoms with E-state index in [1.54, 1.807) is 43.5 Å². The van der Waals surface area contributed by atoms with Crippen LogP contribution in [0.4, 0.5) is 5.69 Å². The maximum atomic E-state index is 12.7. The van der Waals surface area contributed by atoms with Crippen LogP contribution in [-0.4, -0.2) is 29.2 Å². The van der Waals surface area contributed by atoms with Crippen molar-refractivity contribution >= 4 is 40.7 Å². The number of furan rings is 1. The molecule has 26 heavy (non-hydrogen) atoms. The Morgan fingerprint density at radius 2 is 1.88 bits per heavy atom. The first-order valence-electron chi connectivity index (χ1n) is 8.15. The quantitative estimate of drug-likeness (QED) is 0.790. The van der Waals surface area contributed by atoms with E-state index in [2.05, 4.69) is 5.32 Å². The highest BCUT2D eigenvalue weighted by Gasteiger charge is 2.38. The first kappa shape index (κ1) is 18.0. The molecule has 1 aromatic heterocycles. The van der Waals surface area contributed by atoms with E-state index in [0.29, 0.717) is 34.0 Å². The lowest BCUT2D eigenvalue weighted by molar-refractivity contribution is -0.136. The topological polar surface area (TPSA) is 79.6 Å². The van der Waals surface area contributed by atoms with Crippen molar-refractivity contribution in [2.75, 3.05) is 11.9 Å². The number of rotatable bonds is 6. The molecule has 1 aromatic carbocycles. The van der Waals surface area contributed by atoms with Gasteiger partial charge in [-0.15, -0.1) is 11.8 Å². The molecule has 0 spiro atoms. The molecule has 0 fully saturated rings. The van der Waals surface area contributed by atoms with Gasteiger partial charge in [-0.3, -0.25) is 19.3 Å². The number of benzene rings is 1. The molecule has 7 heteroatoms. The summed E-state index contributed by atoms with van der Waals surface area (Å²) >= 11 is 1.29. The van der Waals surface area contributed by atoms with Gasteiger partial charge in [0.2, 0.25) is 5.91 Å². The molecule has 0 atom stereocenters. The molecule has 6 nitrogen and oxygen atoms in total. The third kappa shape index (κ3) is 3.57. The highest BCUT2D eigenvalue weighted by Crippen LogP contribution is 2.37. The fourth-order valence-corrected chi connectivity index (χ4v) is 3.73. The van der Waals surface area contributed by atoms with Crippen molar-refractivity contribution in [1.29, 1.82) is 0 Å². The Labute approximate surface area is 155 Å². The summed E-state index contributed by atoms with van der Waals surface area (Å²) in [7, 11) is 0. The predicted molar refractivity (Wildman–Crippen MR) is 100 cm³/mol. The molecule has 0 saturated carbocycles. The number of carbonyl (C=O) groups is 3. The minimum absolute atomic E-state index is 0.170. The average Bonchev–Trinajstić information content (AvgIpc) is 3.20. The van der Waals surface area contributed by atoms with Gasteiger partial charge in [0.15, 0.2) is 0 Å². The Morgan fingerprint density at radius 1 is 1.15 bits per heavy atom. The Bertz CT molecular complexity index is 869. The molecule has 2 aromatic rings. The van der Waals surface area contributed by atoms with E-state index in [1.807, 2.05) is 6.07 Å². The molecular formula is C19H18N2O4S. The van der Waals surface area contributed by atoms with E-state index in [9.17, 15) is 14.4 Å². The molecular weight excluding hydrogens is 352 g/mol. The summed E-state index contributed by atoms with van der Waals surface area (Å²) in [4.78, 5) is 38.2. The molecule has 0 bridgehead atoms. The molecule has 1 N–H and O–H groups in total. The van der Waals surface area contributed by atoms with Crippen molar-refractivity contribution in [2.24, 2.45) is 0 Å². The van der Waals surface area contributed by atoms with Crippen LogP contribution in [0, 0.1) is 0 Å². The Morgan fingerprint density at radius 3 is 2.46 bits per heavy atom. The Hall–Kier alpha value is -2.80. The van der Waals surface area contributed by atoms with E-state index in [1.165, 1.54) is 23.6 Å². The first-order chi connectivity index (χ1) is 12.5. The van der Waals surface area contributed by atoms with Gasteiger partial charge < -0.3 is 9.73 Å². The van der Waals surface area contributed by atoms with Crippen LogP contribution >= 0.6 is 11.8 Å². The van der Waals surface area contributed by atoms with Gasteiger partial charge in [0.25, 0.3) is 11.8 Å². The van der Waals surface area contributed by atoms with Gasteiger partial charge in [-0.05, 0) is 36.8 Å². The molecule has 1 aliphatic rings. The van der Waals surface area contributed by atoms with E-state index in [-0.39, 0.29) is 17.7 Å². The zero-order valence-corrected chi connectivity index (χ0v) is 15.3. The predicted octanol–water partition coefficient (Wildman–Crippen LogP) is 3.27. The van der Waals surface area contributed by atoms with Gasteiger partial charge in [0.05, 0.1) is 22.5 Å². The molecule has 3 amide bonds. The zero-order valence-electron chi connectivity index (χ0n) is 14.4. The van der Waals surface area contributed by atoms with Gasteiger partial charge >= 0.3 is 0 Å². The summed E-state index contributed by atoms with van der Waals surface area (Å²) in [6.45, 7) is 3.52. The largest absolute Gasteiger partial charge is 0.468 e. The fourth-order valence-electron chi connectivity index (χ4n) is 2.69. The maximum absolute atomic E-state index is 12.7. The minimum atomic E-state index is -0.299. The van der Waals surface area contributed by atoms with Crippen molar-refractivity contribution in [3.8, 4) is 0 Å². The average molecular weight is 370 g/mol. The lowest BCUT2D eigenvalue weighted by atomic mass is 10.1. The molecule has 2 heterocycles. The monoisotopic (exact) mass is 370 g/mol. The second kappa shape index (κ2) is 7.61. The van der Waals surface area contributed by atoms with Crippen LogP contribution in [-0.2, 0) is 20.1 Å². The van der Waals surface area contributed by atoms with Crippen LogP contribution in [0.5, 0.6) is 0 Å². The summed E-state index contributed by atoms with van der Waals surface area (Å²) in [5, 5.41) is 2.68. The van der Waals surface area contributed by atoms with E-state index < -0.39 is 0 Å². The number of hydrogen-bond acceptors (Lipinski definition) is 5. The second-order valence-corrected chi connectivity index (χ2v) is 6.67. The summed E-state index contributed by atoms with van der Waals surface area (Å²) < 4.78 is 5.31. The number of thioether (sulfide) groups is 1. The minimum Gasteiger partial charge on any atom is -0.468 e. The SMILES string of the molecule is CCN1C(=O)C(SCc2ccco2)=C(c2ccc(NC(C)=O)cc2)C1=O. The van der Waals surface area contributed by atoms with Crippen molar-refractivity contribution in [2.45, 2.75) is 19.6 Å². The summed E-state index contributed by atoms with van der Waals surface area (Å²) in [5.74, 6) is 0.447. The molecule has 3 rings (SSSR count). The van der Waals surface area contributed by atoms with Crippen molar-refractivity contribution in [3.63, 3.8) is 0 Å². The van der Waals surface area contributed by atoms with Crippen LogP contribution in [0.3, 0.4) is 0 Å². The molecule has 134 valence electrons. The number of nitrogens with one attached hydrogen (secondary N) is 1. The summed E-state index contributed by atoms with van der Waals surface area (Å²) in [6.07, 6.45) is 1.58. The van der Waals surface area contributed by atoms with Gasteiger partial charge in [-0.1, -0.05) is 12.1 Å². The number of amides is 3. The molecule has 0 radical (unpaired) electrons. The number of anilines is 1. The van der Waals surface area contributed by atoms with Crippen molar-refractivity contribution < 1.29 is 18.8 Å². The van der Waals surface area contributed by atoms with E-state index in [4.69, 9.17) is 4.42 Å². The third-order valence-corrected chi connectivity index (χ3v) is 4.97. The Balaban J connectivity index is 1.93. The smallest absolute Gasteiger partial charge is 0.267 e. The molecule has 0 saturated heterocycles. The molecule has 0 aliphatic carbocycles. The van der Waals surface area contributed by atoms with Crippen LogP contribution < -0.4 is 5.32 Å². The lowest BCUT2D eigenvalue weighted by Crippen LogP contribution is -2.31. The van der Waals surface area contributed by atoms with Gasteiger partial charge in [0, 0.05) is 19.2 Å². The molecule has 1 aliphatic heterocycles. The fraction of sp³-hybridized carbons (Fsp3) is 0.211. The number of imide groups is 1. The number of likely N-dealkylation sites (N-methyl/N-ethyl adjacent to an activating group) is 1. The maximum Gasteiger partial charge on any atom is 0.267 e. The number of hydrogen-bond donors (Lipinski definition) is 1. The van der Waals surface area contributed by atoms with Gasteiger partial charge in [-0.25, -0.2) is 0 Å². The van der Waals surface area contributed by atoms with Crippen LogP contribution in [0.2, 0.25) is 0 Å². The molecule has 0 unspecified atom stereocenters. The summed E-state index contributed by atoms with van der Waals surface area (Å²) in [6, 6.07) is 10.5. The van der Waals surface area contributed by atoms with Crippen LogP contribution in [0.15, 0.2) is 52.0 Å². The van der Waals surface area contributed by atoms with Crippen molar-refractivity contribution in [3.05, 3.63) is 58.9 Å². The highest BCUT2D eigenvalue weighted by molar-refractivity contribution is 8.03. The van der Waals surface area contributed by atoms with Gasteiger partial charge in [-0.2, -0.15) is 0 Å². The number of nitrogens with zero attached hydrogens (tertiary/aromatic N) is 1. The van der Waals surface area contributed by atoms with Crippen LogP contribution in [0.25, 0.3) is 5.57 Å². The Kier molecular flexibility index (Phi) is 5.27. The lowest BCUT2D eigenvalue weighted by Gasteiger charge is -2.11. The normalized spacial score (nSPS) is 14.3. The third-order valence-electron chi connectivity index (χ3n) is 3.87. The van der Waals surface area contributed by atoms with E-state index >= 15 is 0 Å². The zero-order chi connectivity index (χ0) is 18.7. The van der Waals surface area contributed by atoms with Gasteiger partial charge in [0.1, 0.15) is 5.76 Å². The first-order valence-corrected chi connectivity index (χ1v) is 9.13. The van der Waals surface area contributed by atoms with Crippen molar-refractivity contribution in [1.82, 2.24) is 4.90 Å². The highest BCUT2D eigenvalue weighted by atomic mass is 32.2.